The Balaban J connectivity index is 1.59. The Morgan fingerprint density at radius 1 is 1.03 bits per heavy atom. The number of hydrogen-bond donors (Lipinski definition) is 1. The molecule has 0 spiro atoms. The largest absolute Gasteiger partial charge is 0.346 e. The second kappa shape index (κ2) is 8.19. The highest BCUT2D eigenvalue weighted by Gasteiger charge is 2.36. The quantitative estimate of drug-likeness (QED) is 0.637. The minimum atomic E-state index is -3.67. The summed E-state index contributed by atoms with van der Waals surface area (Å²) in [5.74, 6) is -0.174. The minimum absolute atomic E-state index is 0.126. The molecule has 1 N–H and O–H groups in total. The molecule has 0 aromatic heterocycles. The highest BCUT2D eigenvalue weighted by atomic mass is 32.2. The number of benzene rings is 3. The van der Waals surface area contributed by atoms with Crippen LogP contribution in [-0.2, 0) is 16.4 Å². The van der Waals surface area contributed by atoms with Crippen molar-refractivity contribution in [3.05, 3.63) is 95.1 Å². The predicted molar refractivity (Wildman–Crippen MR) is 123 cm³/mol. The Labute approximate surface area is 183 Å². The van der Waals surface area contributed by atoms with Crippen molar-refractivity contribution in [3.8, 4) is 0 Å². The summed E-state index contributed by atoms with van der Waals surface area (Å²) in [6.07, 6.45) is 0.565. The first kappa shape index (κ1) is 21.1. The second-order valence-corrected chi connectivity index (χ2v) is 9.93. The SMILES string of the molecule is Cc1ccc(S(=O)(=O)N2c3ccc(C(=O)N[C@H](C)c4ccccc4)cc3C[C@H]2C)cc1. The predicted octanol–water partition coefficient (Wildman–Crippen LogP) is 4.63. The topological polar surface area (TPSA) is 66.5 Å². The first-order valence-corrected chi connectivity index (χ1v) is 11.8. The first-order chi connectivity index (χ1) is 14.8. The van der Waals surface area contributed by atoms with Crippen LogP contribution in [0.2, 0.25) is 0 Å². The summed E-state index contributed by atoms with van der Waals surface area (Å²) < 4.78 is 28.0. The third-order valence-corrected chi connectivity index (χ3v) is 7.66. The zero-order valence-electron chi connectivity index (χ0n) is 17.9. The summed E-state index contributed by atoms with van der Waals surface area (Å²) in [4.78, 5) is 13.1. The number of rotatable bonds is 5. The molecule has 0 radical (unpaired) electrons. The summed E-state index contributed by atoms with van der Waals surface area (Å²) >= 11 is 0. The molecule has 3 aromatic rings. The van der Waals surface area contributed by atoms with Crippen LogP contribution in [0.25, 0.3) is 0 Å². The van der Waals surface area contributed by atoms with Gasteiger partial charge in [-0.3, -0.25) is 9.10 Å². The molecule has 0 bridgehead atoms. The fourth-order valence-corrected chi connectivity index (χ4v) is 5.73. The number of anilines is 1. The van der Waals surface area contributed by atoms with Gasteiger partial charge in [0.2, 0.25) is 0 Å². The van der Waals surface area contributed by atoms with Crippen molar-refractivity contribution in [1.82, 2.24) is 5.32 Å². The van der Waals surface area contributed by atoms with E-state index in [1.165, 1.54) is 4.31 Å². The van der Waals surface area contributed by atoms with Crippen molar-refractivity contribution in [1.29, 1.82) is 0 Å². The Morgan fingerprint density at radius 3 is 2.39 bits per heavy atom. The van der Waals surface area contributed by atoms with E-state index < -0.39 is 10.0 Å². The Kier molecular flexibility index (Phi) is 5.58. The molecule has 160 valence electrons. The molecular weight excluding hydrogens is 408 g/mol. The van der Waals surface area contributed by atoms with Gasteiger partial charge in [-0.25, -0.2) is 8.42 Å². The normalized spacial score (nSPS) is 16.6. The number of carbonyl (C=O) groups excluding carboxylic acids is 1. The van der Waals surface area contributed by atoms with Gasteiger partial charge in [0, 0.05) is 11.6 Å². The van der Waals surface area contributed by atoms with E-state index in [0.717, 1.165) is 16.7 Å². The number of sulfonamides is 1. The van der Waals surface area contributed by atoms with Gasteiger partial charge in [-0.2, -0.15) is 0 Å². The molecule has 0 unspecified atom stereocenters. The van der Waals surface area contributed by atoms with Gasteiger partial charge in [-0.05, 0) is 68.7 Å². The number of nitrogens with one attached hydrogen (secondary N) is 1. The zero-order chi connectivity index (χ0) is 22.2. The van der Waals surface area contributed by atoms with Crippen molar-refractivity contribution in [2.75, 3.05) is 4.31 Å². The van der Waals surface area contributed by atoms with Crippen molar-refractivity contribution in [3.63, 3.8) is 0 Å². The Morgan fingerprint density at radius 2 is 1.71 bits per heavy atom. The van der Waals surface area contributed by atoms with Crippen LogP contribution < -0.4 is 9.62 Å². The lowest BCUT2D eigenvalue weighted by Crippen LogP contribution is -2.35. The molecule has 31 heavy (non-hydrogen) atoms. The Bertz CT molecular complexity index is 1210. The van der Waals surface area contributed by atoms with Crippen LogP contribution in [0.5, 0.6) is 0 Å². The van der Waals surface area contributed by atoms with E-state index in [2.05, 4.69) is 5.32 Å². The van der Waals surface area contributed by atoms with Crippen molar-refractivity contribution >= 4 is 21.6 Å². The van der Waals surface area contributed by atoms with E-state index >= 15 is 0 Å². The molecule has 1 aliphatic rings. The van der Waals surface area contributed by atoms with E-state index in [9.17, 15) is 13.2 Å². The second-order valence-electron chi connectivity index (χ2n) is 8.12. The highest BCUT2D eigenvalue weighted by Crippen LogP contribution is 2.37. The van der Waals surface area contributed by atoms with Crippen molar-refractivity contribution < 1.29 is 13.2 Å². The Hall–Kier alpha value is -3.12. The molecule has 0 saturated heterocycles. The van der Waals surface area contributed by atoms with Gasteiger partial charge in [0.15, 0.2) is 0 Å². The molecule has 1 aliphatic heterocycles. The number of aryl methyl sites for hydroxylation is 1. The van der Waals surface area contributed by atoms with E-state index in [0.29, 0.717) is 17.7 Å². The van der Waals surface area contributed by atoms with E-state index in [1.807, 2.05) is 57.2 Å². The zero-order valence-corrected chi connectivity index (χ0v) is 18.7. The van der Waals surface area contributed by atoms with Gasteiger partial charge in [-0.1, -0.05) is 48.0 Å². The lowest BCUT2D eigenvalue weighted by Gasteiger charge is -2.24. The van der Waals surface area contributed by atoms with Gasteiger partial charge in [0.1, 0.15) is 0 Å². The molecule has 3 aromatic carbocycles. The smallest absolute Gasteiger partial charge is 0.264 e. The standard InChI is InChI=1S/C25H26N2O3S/c1-17-9-12-23(13-10-17)31(29,30)27-18(2)15-22-16-21(11-14-24(22)27)25(28)26-19(3)20-7-5-4-6-8-20/h4-14,16,18-19H,15H2,1-3H3,(H,26,28)/t18-,19-/m1/s1. The highest BCUT2D eigenvalue weighted by molar-refractivity contribution is 7.92. The molecule has 0 saturated carbocycles. The van der Waals surface area contributed by atoms with Crippen LogP contribution in [0.3, 0.4) is 0 Å². The molecule has 1 amide bonds. The molecule has 2 atom stereocenters. The van der Waals surface area contributed by atoms with Crippen molar-refractivity contribution in [2.45, 2.75) is 44.2 Å². The molecule has 1 heterocycles. The van der Waals surface area contributed by atoms with Crippen LogP contribution in [0.4, 0.5) is 5.69 Å². The van der Waals surface area contributed by atoms with Gasteiger partial charge >= 0.3 is 0 Å². The monoisotopic (exact) mass is 434 g/mol. The van der Waals surface area contributed by atoms with E-state index in [1.54, 1.807) is 36.4 Å². The molecule has 6 heteroatoms. The lowest BCUT2D eigenvalue weighted by atomic mass is 10.0. The fourth-order valence-electron chi connectivity index (χ4n) is 4.04. The molecule has 0 fully saturated rings. The summed E-state index contributed by atoms with van der Waals surface area (Å²) in [5.41, 5.74) is 4.07. The van der Waals surface area contributed by atoms with Crippen LogP contribution in [0, 0.1) is 6.92 Å². The molecular formula is C25H26N2O3S. The van der Waals surface area contributed by atoms with Gasteiger partial charge in [0.25, 0.3) is 15.9 Å². The van der Waals surface area contributed by atoms with Gasteiger partial charge < -0.3 is 5.32 Å². The average Bonchev–Trinajstić information content (AvgIpc) is 3.10. The third kappa shape index (κ3) is 4.08. The molecule has 5 nitrogen and oxygen atoms in total. The third-order valence-electron chi connectivity index (χ3n) is 5.72. The number of nitrogens with zero attached hydrogens (tertiary/aromatic N) is 1. The van der Waals surface area contributed by atoms with E-state index in [4.69, 9.17) is 0 Å². The van der Waals surface area contributed by atoms with Crippen LogP contribution in [-0.4, -0.2) is 20.4 Å². The first-order valence-electron chi connectivity index (χ1n) is 10.4. The van der Waals surface area contributed by atoms with Gasteiger partial charge in [-0.15, -0.1) is 0 Å². The number of fused-ring (bicyclic) bond motifs is 1. The maximum atomic E-state index is 13.3. The lowest BCUT2D eigenvalue weighted by molar-refractivity contribution is 0.0940. The summed E-state index contributed by atoms with van der Waals surface area (Å²) in [6, 6.07) is 21.6. The maximum absolute atomic E-state index is 13.3. The molecule has 0 aliphatic carbocycles. The number of carbonyl (C=O) groups is 1. The number of amides is 1. The fraction of sp³-hybridized carbons (Fsp3) is 0.240. The van der Waals surface area contributed by atoms with Crippen LogP contribution in [0.15, 0.2) is 77.7 Å². The molecule has 4 rings (SSSR count). The van der Waals surface area contributed by atoms with E-state index in [-0.39, 0.29) is 22.9 Å². The minimum Gasteiger partial charge on any atom is -0.346 e. The summed E-state index contributed by atoms with van der Waals surface area (Å²) in [7, 11) is -3.67. The summed E-state index contributed by atoms with van der Waals surface area (Å²) in [6.45, 7) is 5.76. The average molecular weight is 435 g/mol. The van der Waals surface area contributed by atoms with Gasteiger partial charge in [0.05, 0.1) is 16.6 Å². The maximum Gasteiger partial charge on any atom is 0.264 e. The van der Waals surface area contributed by atoms with Crippen molar-refractivity contribution in [2.24, 2.45) is 0 Å². The van der Waals surface area contributed by atoms with Crippen LogP contribution in [0.1, 0.15) is 46.9 Å². The number of hydrogen-bond acceptors (Lipinski definition) is 3. The summed E-state index contributed by atoms with van der Waals surface area (Å²) in [5, 5.41) is 3.02. The van der Waals surface area contributed by atoms with Crippen LogP contribution >= 0.6 is 0 Å².